The molecule has 184 valence electrons. The van der Waals surface area contributed by atoms with Crippen LogP contribution < -0.4 is 20.3 Å². The topological polar surface area (TPSA) is 92.8 Å². The Hall–Kier alpha value is -3.01. The average molecular weight is 495 g/mol. The number of benzene rings is 2. The molecule has 2 aliphatic rings. The van der Waals surface area contributed by atoms with E-state index in [1.54, 1.807) is 19.2 Å². The molecule has 2 heterocycles. The summed E-state index contributed by atoms with van der Waals surface area (Å²) in [5.41, 5.74) is 3.41. The van der Waals surface area contributed by atoms with E-state index in [1.807, 2.05) is 24.3 Å². The van der Waals surface area contributed by atoms with Gasteiger partial charge in [-0.15, -0.1) is 0 Å². The Labute approximate surface area is 208 Å². The van der Waals surface area contributed by atoms with E-state index in [9.17, 15) is 9.59 Å². The number of thiazole rings is 1. The van der Waals surface area contributed by atoms with E-state index in [4.69, 9.17) is 9.47 Å². The fourth-order valence-corrected chi connectivity index (χ4v) is 5.41. The van der Waals surface area contributed by atoms with Crippen molar-refractivity contribution in [2.45, 2.75) is 25.8 Å². The third-order valence-corrected chi connectivity index (χ3v) is 7.68. The molecule has 1 aliphatic carbocycles. The van der Waals surface area contributed by atoms with Gasteiger partial charge in [0, 0.05) is 31.1 Å². The predicted octanol–water partition coefficient (Wildman–Crippen LogP) is 3.85. The lowest BCUT2D eigenvalue weighted by molar-refractivity contribution is -0.124. The van der Waals surface area contributed by atoms with Crippen LogP contribution in [0, 0.1) is 5.92 Å². The molecular formula is C26H30N4O4S. The fraction of sp³-hybridized carbons (Fsp3) is 0.423. The van der Waals surface area contributed by atoms with E-state index in [2.05, 4.69) is 20.5 Å². The number of hydrogen-bond acceptors (Lipinski definition) is 8. The van der Waals surface area contributed by atoms with Crippen LogP contribution in [0.2, 0.25) is 0 Å². The van der Waals surface area contributed by atoms with Crippen LogP contribution in [0.5, 0.6) is 5.75 Å². The fourth-order valence-electron chi connectivity index (χ4n) is 4.39. The van der Waals surface area contributed by atoms with Gasteiger partial charge in [0.25, 0.3) is 5.91 Å². The van der Waals surface area contributed by atoms with Crippen LogP contribution in [-0.2, 0) is 16.1 Å². The molecule has 2 N–H and O–H groups in total. The first-order valence-corrected chi connectivity index (χ1v) is 12.9. The molecular weight excluding hydrogens is 464 g/mol. The van der Waals surface area contributed by atoms with E-state index in [-0.39, 0.29) is 11.8 Å². The highest BCUT2D eigenvalue weighted by Gasteiger charge is 2.24. The first-order chi connectivity index (χ1) is 17.1. The molecule has 8 nitrogen and oxygen atoms in total. The average Bonchev–Trinajstić information content (AvgIpc) is 3.27. The number of rotatable bonds is 9. The summed E-state index contributed by atoms with van der Waals surface area (Å²) in [7, 11) is 1.63. The summed E-state index contributed by atoms with van der Waals surface area (Å²) in [6.45, 7) is 4.02. The molecule has 5 rings (SSSR count). The van der Waals surface area contributed by atoms with Gasteiger partial charge in [0.1, 0.15) is 17.0 Å². The highest BCUT2D eigenvalue weighted by atomic mass is 32.1. The first-order valence-electron chi connectivity index (χ1n) is 12.1. The maximum Gasteiger partial charge on any atom is 0.257 e. The lowest BCUT2D eigenvalue weighted by atomic mass is 9.82. The summed E-state index contributed by atoms with van der Waals surface area (Å²) in [6.07, 6.45) is 3.22. The van der Waals surface area contributed by atoms with Gasteiger partial charge in [-0.3, -0.25) is 14.9 Å². The molecule has 35 heavy (non-hydrogen) atoms. The maximum absolute atomic E-state index is 12.9. The van der Waals surface area contributed by atoms with Crippen molar-refractivity contribution in [2.75, 3.05) is 50.2 Å². The Morgan fingerprint density at radius 2 is 1.91 bits per heavy atom. The largest absolute Gasteiger partial charge is 0.494 e. The van der Waals surface area contributed by atoms with Crippen molar-refractivity contribution in [1.82, 2.24) is 10.3 Å². The number of hydrogen-bond donors (Lipinski definition) is 2. The highest BCUT2D eigenvalue weighted by molar-refractivity contribution is 7.23. The number of carbonyl (C=O) groups is 2. The molecule has 0 atom stereocenters. The van der Waals surface area contributed by atoms with Crippen molar-refractivity contribution in [3.8, 4) is 5.75 Å². The highest BCUT2D eigenvalue weighted by Crippen LogP contribution is 2.39. The van der Waals surface area contributed by atoms with Crippen molar-refractivity contribution in [1.29, 1.82) is 0 Å². The lowest BCUT2D eigenvalue weighted by Gasteiger charge is -2.29. The van der Waals surface area contributed by atoms with E-state index >= 15 is 0 Å². The van der Waals surface area contributed by atoms with Gasteiger partial charge in [-0.1, -0.05) is 29.9 Å². The van der Waals surface area contributed by atoms with Gasteiger partial charge in [0.05, 0.1) is 37.3 Å². The molecule has 9 heteroatoms. The third-order valence-electron chi connectivity index (χ3n) is 6.68. The first kappa shape index (κ1) is 23.7. The molecule has 0 unspecified atom stereocenters. The standard InChI is InChI=1S/C26H30N4O4S/c1-33-22-10-9-20(30-11-13-34-14-12-30)24-23(22)28-26(35-24)29-25(32)19-7-5-17(6-8-19)15-27-16-21(31)18-3-2-4-18/h5-10,18,27H,2-4,11-16H2,1H3,(H,28,29,32). The summed E-state index contributed by atoms with van der Waals surface area (Å²) in [4.78, 5) is 31.9. The number of carbonyl (C=O) groups excluding carboxylic acids is 2. The second-order valence-electron chi connectivity index (χ2n) is 8.93. The molecule has 1 amide bonds. The van der Waals surface area contributed by atoms with E-state index < -0.39 is 0 Å². The number of anilines is 2. The second kappa shape index (κ2) is 10.7. The zero-order chi connectivity index (χ0) is 24.2. The number of ether oxygens (including phenoxy) is 2. The van der Waals surface area contributed by atoms with Gasteiger partial charge >= 0.3 is 0 Å². The molecule has 2 fully saturated rings. The minimum atomic E-state index is -0.212. The van der Waals surface area contributed by atoms with Gasteiger partial charge in [-0.2, -0.15) is 0 Å². The summed E-state index contributed by atoms with van der Waals surface area (Å²) in [5.74, 6) is 1.02. The molecule has 1 aromatic heterocycles. The third kappa shape index (κ3) is 5.32. The molecule has 1 saturated heterocycles. The summed E-state index contributed by atoms with van der Waals surface area (Å²) in [5, 5.41) is 6.69. The Morgan fingerprint density at radius 1 is 1.14 bits per heavy atom. The van der Waals surface area contributed by atoms with Crippen molar-refractivity contribution in [2.24, 2.45) is 5.92 Å². The van der Waals surface area contributed by atoms with Gasteiger partial charge in [-0.25, -0.2) is 4.98 Å². The molecule has 0 radical (unpaired) electrons. The number of amides is 1. The zero-order valence-corrected chi connectivity index (χ0v) is 20.7. The van der Waals surface area contributed by atoms with E-state index in [1.165, 1.54) is 17.8 Å². The van der Waals surface area contributed by atoms with Gasteiger partial charge in [-0.05, 0) is 42.7 Å². The number of methoxy groups -OCH3 is 1. The monoisotopic (exact) mass is 494 g/mol. The quantitative estimate of drug-likeness (QED) is 0.467. The van der Waals surface area contributed by atoms with Crippen molar-refractivity contribution in [3.63, 3.8) is 0 Å². The number of ketones is 1. The lowest BCUT2D eigenvalue weighted by Crippen LogP contribution is -2.36. The molecule has 2 aromatic carbocycles. The second-order valence-corrected chi connectivity index (χ2v) is 9.93. The van der Waals surface area contributed by atoms with Crippen LogP contribution in [-0.4, -0.2) is 56.6 Å². The molecule has 0 spiro atoms. The molecule has 1 saturated carbocycles. The Morgan fingerprint density at radius 3 is 2.60 bits per heavy atom. The zero-order valence-electron chi connectivity index (χ0n) is 19.8. The van der Waals surface area contributed by atoms with Crippen LogP contribution in [0.15, 0.2) is 36.4 Å². The smallest absolute Gasteiger partial charge is 0.257 e. The molecule has 1 aliphatic heterocycles. The summed E-state index contributed by atoms with van der Waals surface area (Å²) < 4.78 is 12.0. The van der Waals surface area contributed by atoms with Crippen LogP contribution in [0.25, 0.3) is 10.2 Å². The van der Waals surface area contributed by atoms with E-state index in [0.29, 0.717) is 48.5 Å². The van der Waals surface area contributed by atoms with Gasteiger partial charge < -0.3 is 19.7 Å². The van der Waals surface area contributed by atoms with Gasteiger partial charge in [0.2, 0.25) is 0 Å². The Kier molecular flexibility index (Phi) is 7.26. The Bertz CT molecular complexity index is 1200. The number of morpholine rings is 1. The van der Waals surface area contributed by atoms with Crippen LogP contribution >= 0.6 is 11.3 Å². The van der Waals surface area contributed by atoms with Crippen LogP contribution in [0.1, 0.15) is 35.2 Å². The van der Waals surface area contributed by atoms with Gasteiger partial charge in [0.15, 0.2) is 5.13 Å². The van der Waals surface area contributed by atoms with Crippen LogP contribution in [0.4, 0.5) is 10.8 Å². The number of fused-ring (bicyclic) bond motifs is 1. The van der Waals surface area contributed by atoms with Crippen molar-refractivity contribution < 1.29 is 19.1 Å². The van der Waals surface area contributed by atoms with Crippen molar-refractivity contribution in [3.05, 3.63) is 47.5 Å². The maximum atomic E-state index is 12.9. The summed E-state index contributed by atoms with van der Waals surface area (Å²) >= 11 is 1.45. The number of nitrogens with zero attached hydrogens (tertiary/aromatic N) is 2. The molecule has 3 aromatic rings. The minimum absolute atomic E-state index is 0.212. The van der Waals surface area contributed by atoms with Crippen LogP contribution in [0.3, 0.4) is 0 Å². The summed E-state index contributed by atoms with van der Waals surface area (Å²) in [6, 6.07) is 11.4. The Balaban J connectivity index is 1.24. The predicted molar refractivity (Wildman–Crippen MR) is 138 cm³/mol. The minimum Gasteiger partial charge on any atom is -0.494 e. The number of Topliss-reactive ketones (excluding diaryl/α,β-unsaturated/α-hetero) is 1. The SMILES string of the molecule is COc1ccc(N2CCOCC2)c2sc(NC(=O)c3ccc(CNCC(=O)C4CCC4)cc3)nc12. The number of nitrogens with one attached hydrogen (secondary N) is 2. The van der Waals surface area contributed by atoms with Crippen molar-refractivity contribution >= 4 is 44.1 Å². The normalized spacial score (nSPS) is 16.2. The number of aromatic nitrogens is 1. The van der Waals surface area contributed by atoms with E-state index in [0.717, 1.165) is 47.4 Å². The molecule has 0 bridgehead atoms.